The molecule has 1 heterocycles. The van der Waals surface area contributed by atoms with Gasteiger partial charge in [-0.3, -0.25) is 4.79 Å². The van der Waals surface area contributed by atoms with E-state index in [1.807, 2.05) is 60.7 Å². The maximum atomic E-state index is 11.9. The highest BCUT2D eigenvalue weighted by Crippen LogP contribution is 2.28. The molecule has 2 aromatic carbocycles. The van der Waals surface area contributed by atoms with E-state index in [4.69, 9.17) is 23.7 Å². The van der Waals surface area contributed by atoms with Crippen LogP contribution >= 0.6 is 0 Å². The molecule has 0 aliphatic carbocycles. The van der Waals surface area contributed by atoms with Gasteiger partial charge >= 0.3 is 5.97 Å². The number of methoxy groups -OCH3 is 1. The number of carbonyl (C=O) groups is 1. The SMILES string of the molecule is CO[C@H]1O[C@H](COC(=O)C(C)C)[C@@H](O)[C@H](OCc2ccccc2)[C@H]1OCc1ccccc1. The summed E-state index contributed by atoms with van der Waals surface area (Å²) < 4.78 is 29.0. The summed E-state index contributed by atoms with van der Waals surface area (Å²) in [6.07, 6.45) is -4.12. The Morgan fingerprint density at radius 2 is 1.47 bits per heavy atom. The van der Waals surface area contributed by atoms with Crippen LogP contribution in [0.1, 0.15) is 25.0 Å². The summed E-state index contributed by atoms with van der Waals surface area (Å²) in [6, 6.07) is 19.4. The Labute approximate surface area is 189 Å². The molecule has 2 aromatic rings. The first-order valence-corrected chi connectivity index (χ1v) is 10.8. The van der Waals surface area contributed by atoms with Crippen molar-refractivity contribution >= 4 is 5.97 Å². The number of hydrogen-bond donors (Lipinski definition) is 1. The molecule has 1 saturated heterocycles. The van der Waals surface area contributed by atoms with Gasteiger partial charge in [0.15, 0.2) is 6.29 Å². The molecule has 0 aromatic heterocycles. The van der Waals surface area contributed by atoms with Gasteiger partial charge in [0.05, 0.1) is 19.1 Å². The van der Waals surface area contributed by atoms with E-state index >= 15 is 0 Å². The fraction of sp³-hybridized carbons (Fsp3) is 0.480. The van der Waals surface area contributed by atoms with Crippen molar-refractivity contribution in [3.63, 3.8) is 0 Å². The second-order valence-corrected chi connectivity index (χ2v) is 8.08. The van der Waals surface area contributed by atoms with Crippen LogP contribution in [-0.4, -0.2) is 55.5 Å². The highest BCUT2D eigenvalue weighted by Gasteiger charge is 2.47. The highest BCUT2D eigenvalue weighted by molar-refractivity contribution is 5.71. The summed E-state index contributed by atoms with van der Waals surface area (Å²) in [5.74, 6) is -0.639. The lowest BCUT2D eigenvalue weighted by atomic mass is 9.98. The molecule has 174 valence electrons. The Morgan fingerprint density at radius 1 is 0.938 bits per heavy atom. The molecule has 1 fully saturated rings. The number of aliphatic hydroxyl groups excluding tert-OH is 1. The van der Waals surface area contributed by atoms with Crippen molar-refractivity contribution < 1.29 is 33.6 Å². The second-order valence-electron chi connectivity index (χ2n) is 8.08. The van der Waals surface area contributed by atoms with E-state index in [-0.39, 0.29) is 25.1 Å². The minimum absolute atomic E-state index is 0.103. The quantitative estimate of drug-likeness (QED) is 0.564. The number of carbonyl (C=O) groups excluding carboxylic acids is 1. The predicted molar refractivity (Wildman–Crippen MR) is 118 cm³/mol. The number of aliphatic hydroxyl groups is 1. The second kappa shape index (κ2) is 12.1. The Hall–Kier alpha value is -2.29. The van der Waals surface area contributed by atoms with Gasteiger partial charge in [-0.2, -0.15) is 0 Å². The van der Waals surface area contributed by atoms with E-state index in [1.54, 1.807) is 13.8 Å². The van der Waals surface area contributed by atoms with E-state index < -0.39 is 30.7 Å². The number of ether oxygens (including phenoxy) is 5. The molecule has 1 aliphatic heterocycles. The molecule has 1 aliphatic rings. The first kappa shape index (κ1) is 24.4. The topological polar surface area (TPSA) is 83.5 Å². The number of hydrogen-bond acceptors (Lipinski definition) is 7. The van der Waals surface area contributed by atoms with Crippen molar-refractivity contribution in [1.29, 1.82) is 0 Å². The molecule has 0 radical (unpaired) electrons. The maximum Gasteiger partial charge on any atom is 0.308 e. The fourth-order valence-corrected chi connectivity index (χ4v) is 3.45. The van der Waals surface area contributed by atoms with Crippen molar-refractivity contribution in [1.82, 2.24) is 0 Å². The van der Waals surface area contributed by atoms with Gasteiger partial charge in [-0.1, -0.05) is 74.5 Å². The lowest BCUT2D eigenvalue weighted by Gasteiger charge is -2.43. The van der Waals surface area contributed by atoms with Gasteiger partial charge in [-0.25, -0.2) is 0 Å². The average Bonchev–Trinajstić information content (AvgIpc) is 2.82. The van der Waals surface area contributed by atoms with E-state index in [0.29, 0.717) is 6.61 Å². The Bertz CT molecular complexity index is 812. The molecule has 0 spiro atoms. The van der Waals surface area contributed by atoms with Crippen LogP contribution in [0.15, 0.2) is 60.7 Å². The molecule has 0 amide bonds. The lowest BCUT2D eigenvalue weighted by Crippen LogP contribution is -2.61. The number of benzene rings is 2. The predicted octanol–water partition coefficient (Wildman–Crippen LogP) is 3.09. The Kier molecular flexibility index (Phi) is 9.20. The van der Waals surface area contributed by atoms with Crippen LogP contribution in [-0.2, 0) is 41.7 Å². The molecule has 3 rings (SSSR count). The number of rotatable bonds is 10. The van der Waals surface area contributed by atoms with Crippen LogP contribution in [0.5, 0.6) is 0 Å². The van der Waals surface area contributed by atoms with Gasteiger partial charge in [-0.15, -0.1) is 0 Å². The first-order valence-electron chi connectivity index (χ1n) is 10.8. The minimum Gasteiger partial charge on any atom is -0.463 e. The summed E-state index contributed by atoms with van der Waals surface area (Å²) in [6.45, 7) is 3.98. The molecule has 7 nitrogen and oxygen atoms in total. The van der Waals surface area contributed by atoms with Crippen LogP contribution in [0.3, 0.4) is 0 Å². The van der Waals surface area contributed by atoms with Gasteiger partial charge in [-0.05, 0) is 11.1 Å². The van der Waals surface area contributed by atoms with E-state index in [2.05, 4.69) is 0 Å². The molecule has 5 atom stereocenters. The van der Waals surface area contributed by atoms with Gasteiger partial charge in [0.1, 0.15) is 31.0 Å². The van der Waals surface area contributed by atoms with Crippen LogP contribution in [0.2, 0.25) is 0 Å². The minimum atomic E-state index is -1.08. The van der Waals surface area contributed by atoms with E-state index in [9.17, 15) is 9.90 Å². The molecule has 0 bridgehead atoms. The fourth-order valence-electron chi connectivity index (χ4n) is 3.45. The van der Waals surface area contributed by atoms with Gasteiger partial charge in [0.2, 0.25) is 0 Å². The number of esters is 1. The Morgan fingerprint density at radius 3 is 1.97 bits per heavy atom. The van der Waals surface area contributed by atoms with Crippen LogP contribution in [0.25, 0.3) is 0 Å². The average molecular weight is 445 g/mol. The monoisotopic (exact) mass is 444 g/mol. The third-order valence-corrected chi connectivity index (χ3v) is 5.28. The summed E-state index contributed by atoms with van der Waals surface area (Å²) in [5.41, 5.74) is 1.94. The Balaban J connectivity index is 1.74. The van der Waals surface area contributed by atoms with Crippen molar-refractivity contribution in [2.45, 2.75) is 57.8 Å². The van der Waals surface area contributed by atoms with Gasteiger partial charge < -0.3 is 28.8 Å². The third-order valence-electron chi connectivity index (χ3n) is 5.28. The van der Waals surface area contributed by atoms with Gasteiger partial charge in [0, 0.05) is 7.11 Å². The standard InChI is InChI=1S/C25H32O7/c1-17(2)24(27)31-16-20-21(26)22(29-14-18-10-6-4-7-11-18)23(25(28-3)32-20)30-15-19-12-8-5-9-13-19/h4-13,17,20-23,25-26H,14-16H2,1-3H3/t20-,21-,22+,23-,25+/m1/s1. The molecular weight excluding hydrogens is 412 g/mol. The van der Waals surface area contributed by atoms with Gasteiger partial charge in [0.25, 0.3) is 0 Å². The third kappa shape index (κ3) is 6.60. The smallest absolute Gasteiger partial charge is 0.308 e. The molecular formula is C25H32O7. The summed E-state index contributed by atoms with van der Waals surface area (Å²) in [5, 5.41) is 11.1. The van der Waals surface area contributed by atoms with Crippen molar-refractivity contribution in [3.8, 4) is 0 Å². The summed E-state index contributed by atoms with van der Waals surface area (Å²) in [4.78, 5) is 11.9. The van der Waals surface area contributed by atoms with Crippen molar-refractivity contribution in [2.24, 2.45) is 5.92 Å². The molecule has 32 heavy (non-hydrogen) atoms. The van der Waals surface area contributed by atoms with Crippen molar-refractivity contribution in [3.05, 3.63) is 71.8 Å². The van der Waals surface area contributed by atoms with E-state index in [1.165, 1.54) is 7.11 Å². The molecule has 0 unspecified atom stereocenters. The normalized spacial score (nSPS) is 25.6. The first-order chi connectivity index (χ1) is 15.5. The van der Waals surface area contributed by atoms with Crippen LogP contribution in [0, 0.1) is 5.92 Å². The van der Waals surface area contributed by atoms with Crippen molar-refractivity contribution in [2.75, 3.05) is 13.7 Å². The summed E-state index contributed by atoms with van der Waals surface area (Å²) >= 11 is 0. The lowest BCUT2D eigenvalue weighted by molar-refractivity contribution is -0.314. The van der Waals surface area contributed by atoms with E-state index in [0.717, 1.165) is 11.1 Å². The maximum absolute atomic E-state index is 11.9. The molecule has 1 N–H and O–H groups in total. The zero-order valence-electron chi connectivity index (χ0n) is 18.8. The zero-order valence-corrected chi connectivity index (χ0v) is 18.8. The molecule has 7 heteroatoms. The summed E-state index contributed by atoms with van der Waals surface area (Å²) in [7, 11) is 1.51. The molecule has 0 saturated carbocycles. The van der Waals surface area contributed by atoms with Crippen LogP contribution < -0.4 is 0 Å². The van der Waals surface area contributed by atoms with Crippen LogP contribution in [0.4, 0.5) is 0 Å². The zero-order chi connectivity index (χ0) is 22.9. The highest BCUT2D eigenvalue weighted by atomic mass is 16.7. The largest absolute Gasteiger partial charge is 0.463 e.